The van der Waals surface area contributed by atoms with Gasteiger partial charge in [-0.25, -0.2) is 0 Å². The van der Waals surface area contributed by atoms with Gasteiger partial charge < -0.3 is 9.13 Å². The van der Waals surface area contributed by atoms with Crippen LogP contribution in [0.4, 0.5) is 0 Å². The molecule has 0 aliphatic rings. The molecule has 5 heteroatoms. The molecular formula is C25H30N2O2S. The van der Waals surface area contributed by atoms with E-state index in [1.807, 2.05) is 37.3 Å². The van der Waals surface area contributed by atoms with E-state index in [2.05, 4.69) is 41.4 Å². The number of thiophene rings is 1. The van der Waals surface area contributed by atoms with Crippen molar-refractivity contribution < 1.29 is 9.59 Å². The standard InChI is InChI=1S/C22H22N2O2S.C3H8/c1-4-23-19(13-16-10-12-27-22(16)23)21(26)20-15(3)24(11-9-14(2)25)18-8-6-5-7-17(18)20;1-3-2/h5-8,10,12-13H,4,9,11H2,1-3H3;3H2,1-2H3. The molecule has 1 aromatic carbocycles. The average molecular weight is 423 g/mol. The quantitative estimate of drug-likeness (QED) is 0.328. The van der Waals surface area contributed by atoms with Crippen LogP contribution in [0.25, 0.3) is 21.1 Å². The van der Waals surface area contributed by atoms with E-state index in [-0.39, 0.29) is 11.6 Å². The zero-order valence-corrected chi connectivity index (χ0v) is 19.3. The second-order valence-corrected chi connectivity index (χ2v) is 8.47. The number of carbonyl (C=O) groups excluding carboxylic acids is 2. The topological polar surface area (TPSA) is 44.0 Å². The minimum Gasteiger partial charge on any atom is -0.344 e. The van der Waals surface area contributed by atoms with Crippen molar-refractivity contribution in [3.05, 3.63) is 58.7 Å². The molecular weight excluding hydrogens is 392 g/mol. The number of hydrogen-bond acceptors (Lipinski definition) is 3. The largest absolute Gasteiger partial charge is 0.344 e. The fourth-order valence-corrected chi connectivity index (χ4v) is 4.84. The summed E-state index contributed by atoms with van der Waals surface area (Å²) < 4.78 is 4.20. The molecule has 4 rings (SSSR count). The lowest BCUT2D eigenvalue weighted by atomic mass is 10.0. The van der Waals surface area contributed by atoms with Crippen molar-refractivity contribution in [2.75, 3.05) is 0 Å². The number of aryl methyl sites for hydroxylation is 2. The van der Waals surface area contributed by atoms with Gasteiger partial charge >= 0.3 is 0 Å². The first-order valence-electron chi connectivity index (χ1n) is 10.6. The maximum atomic E-state index is 13.6. The predicted molar refractivity (Wildman–Crippen MR) is 127 cm³/mol. The number of aromatic nitrogens is 2. The lowest BCUT2D eigenvalue weighted by Gasteiger charge is -2.09. The first-order valence-corrected chi connectivity index (χ1v) is 11.5. The van der Waals surface area contributed by atoms with Gasteiger partial charge in [-0.1, -0.05) is 38.5 Å². The highest BCUT2D eigenvalue weighted by molar-refractivity contribution is 7.16. The molecule has 3 aromatic heterocycles. The summed E-state index contributed by atoms with van der Waals surface area (Å²) in [7, 11) is 0. The number of hydrogen-bond donors (Lipinski definition) is 0. The maximum absolute atomic E-state index is 13.6. The van der Waals surface area contributed by atoms with E-state index in [0.29, 0.717) is 13.0 Å². The van der Waals surface area contributed by atoms with E-state index < -0.39 is 0 Å². The minimum atomic E-state index is 0.0514. The number of carbonyl (C=O) groups is 2. The van der Waals surface area contributed by atoms with Gasteiger partial charge in [-0.15, -0.1) is 11.3 Å². The number of ketones is 2. The second-order valence-electron chi connectivity index (χ2n) is 7.57. The highest BCUT2D eigenvalue weighted by Crippen LogP contribution is 2.31. The van der Waals surface area contributed by atoms with Crippen LogP contribution in [0.2, 0.25) is 0 Å². The van der Waals surface area contributed by atoms with Crippen molar-refractivity contribution in [2.24, 2.45) is 0 Å². The Labute approximate surface area is 182 Å². The first kappa shape index (κ1) is 22.0. The Morgan fingerprint density at radius 2 is 1.73 bits per heavy atom. The van der Waals surface area contributed by atoms with Crippen LogP contribution in [0.5, 0.6) is 0 Å². The Hall–Kier alpha value is -2.66. The second kappa shape index (κ2) is 9.43. The van der Waals surface area contributed by atoms with Gasteiger partial charge in [0.15, 0.2) is 0 Å². The predicted octanol–water partition coefficient (Wildman–Crippen LogP) is 6.61. The Balaban J connectivity index is 0.000000806. The van der Waals surface area contributed by atoms with Crippen molar-refractivity contribution >= 4 is 44.0 Å². The van der Waals surface area contributed by atoms with Crippen LogP contribution in [-0.4, -0.2) is 20.7 Å². The summed E-state index contributed by atoms with van der Waals surface area (Å²) in [5.41, 5.74) is 3.41. The molecule has 158 valence electrons. The number of rotatable bonds is 6. The van der Waals surface area contributed by atoms with E-state index in [0.717, 1.165) is 44.6 Å². The molecule has 0 fully saturated rings. The Morgan fingerprint density at radius 3 is 2.40 bits per heavy atom. The summed E-state index contributed by atoms with van der Waals surface area (Å²) in [5.74, 6) is 0.204. The molecule has 0 saturated heterocycles. The fraction of sp³-hybridized carbons (Fsp3) is 0.360. The van der Waals surface area contributed by atoms with Crippen LogP contribution in [0.15, 0.2) is 41.8 Å². The Kier molecular flexibility index (Phi) is 6.93. The van der Waals surface area contributed by atoms with Gasteiger partial charge in [-0.2, -0.15) is 0 Å². The highest BCUT2D eigenvalue weighted by atomic mass is 32.1. The third-order valence-corrected chi connectivity index (χ3v) is 6.15. The molecule has 0 aliphatic carbocycles. The van der Waals surface area contributed by atoms with Crippen LogP contribution in [0, 0.1) is 6.92 Å². The average Bonchev–Trinajstić information content (AvgIpc) is 3.37. The molecule has 0 unspecified atom stereocenters. The van der Waals surface area contributed by atoms with Crippen molar-refractivity contribution in [1.29, 1.82) is 0 Å². The highest BCUT2D eigenvalue weighted by Gasteiger charge is 2.24. The number of Topliss-reactive ketones (excluding diaryl/α,β-unsaturated/α-hetero) is 1. The van der Waals surface area contributed by atoms with Crippen molar-refractivity contribution in [1.82, 2.24) is 9.13 Å². The van der Waals surface area contributed by atoms with Crippen LogP contribution in [-0.2, 0) is 17.9 Å². The van der Waals surface area contributed by atoms with Gasteiger partial charge in [0.2, 0.25) is 5.78 Å². The first-order chi connectivity index (χ1) is 14.4. The molecule has 30 heavy (non-hydrogen) atoms. The van der Waals surface area contributed by atoms with Gasteiger partial charge in [0, 0.05) is 41.5 Å². The van der Waals surface area contributed by atoms with Crippen molar-refractivity contribution in [3.63, 3.8) is 0 Å². The summed E-state index contributed by atoms with van der Waals surface area (Å²) in [6.07, 6.45) is 1.72. The molecule has 0 aliphatic heterocycles. The van der Waals surface area contributed by atoms with Crippen LogP contribution in [0.1, 0.15) is 62.3 Å². The summed E-state index contributed by atoms with van der Waals surface area (Å²) >= 11 is 1.66. The summed E-state index contributed by atoms with van der Waals surface area (Å²) in [4.78, 5) is 26.2. The molecule has 0 N–H and O–H groups in total. The van der Waals surface area contributed by atoms with E-state index in [1.165, 1.54) is 6.42 Å². The summed E-state index contributed by atoms with van der Waals surface area (Å²) in [5, 5.41) is 4.13. The number of fused-ring (bicyclic) bond motifs is 2. The molecule has 0 radical (unpaired) electrons. The van der Waals surface area contributed by atoms with Crippen LogP contribution < -0.4 is 0 Å². The van der Waals surface area contributed by atoms with E-state index in [1.54, 1.807) is 18.3 Å². The third-order valence-electron chi connectivity index (χ3n) is 5.20. The third kappa shape index (κ3) is 3.99. The molecule has 3 heterocycles. The monoisotopic (exact) mass is 422 g/mol. The van der Waals surface area contributed by atoms with E-state index in [9.17, 15) is 9.59 Å². The molecule has 4 nitrogen and oxygen atoms in total. The number of para-hydroxylation sites is 1. The zero-order valence-electron chi connectivity index (χ0n) is 18.5. The fourth-order valence-electron chi connectivity index (χ4n) is 3.88. The molecule has 0 spiro atoms. The molecule has 4 aromatic rings. The summed E-state index contributed by atoms with van der Waals surface area (Å²) in [6, 6.07) is 12.0. The molecule has 0 bridgehead atoms. The lowest BCUT2D eigenvalue weighted by molar-refractivity contribution is -0.117. The van der Waals surface area contributed by atoms with Gasteiger partial charge in [0.25, 0.3) is 0 Å². The zero-order chi connectivity index (χ0) is 21.8. The van der Waals surface area contributed by atoms with Gasteiger partial charge in [0.1, 0.15) is 10.6 Å². The molecule has 0 saturated carbocycles. The van der Waals surface area contributed by atoms with Crippen molar-refractivity contribution in [2.45, 2.75) is 60.5 Å². The number of benzene rings is 1. The smallest absolute Gasteiger partial charge is 0.211 e. The minimum absolute atomic E-state index is 0.0514. The van der Waals surface area contributed by atoms with Gasteiger partial charge in [-0.3, -0.25) is 9.59 Å². The SMILES string of the molecule is CCC.CCn1c(C(=O)c2c(C)n(CCC(C)=O)c3ccccc23)cc2ccsc21. The normalized spacial score (nSPS) is 11.0. The van der Waals surface area contributed by atoms with Crippen LogP contribution in [0.3, 0.4) is 0 Å². The maximum Gasteiger partial charge on any atom is 0.211 e. The lowest BCUT2D eigenvalue weighted by Crippen LogP contribution is -2.11. The van der Waals surface area contributed by atoms with E-state index in [4.69, 9.17) is 0 Å². The molecule has 0 atom stereocenters. The molecule has 0 amide bonds. The van der Waals surface area contributed by atoms with Gasteiger partial charge in [-0.05, 0) is 44.4 Å². The summed E-state index contributed by atoms with van der Waals surface area (Å²) in [6.45, 7) is 11.3. The number of nitrogens with zero attached hydrogens (tertiary/aromatic N) is 2. The van der Waals surface area contributed by atoms with Crippen LogP contribution >= 0.6 is 11.3 Å². The van der Waals surface area contributed by atoms with Gasteiger partial charge in [0.05, 0.1) is 11.3 Å². The Morgan fingerprint density at radius 1 is 1.03 bits per heavy atom. The van der Waals surface area contributed by atoms with E-state index >= 15 is 0 Å². The Bertz CT molecular complexity index is 1190. The van der Waals surface area contributed by atoms with Crippen molar-refractivity contribution in [3.8, 4) is 0 Å².